The van der Waals surface area contributed by atoms with Crippen LogP contribution in [0.2, 0.25) is 0 Å². The van der Waals surface area contributed by atoms with Gasteiger partial charge in [-0.05, 0) is 30.5 Å². The van der Waals surface area contributed by atoms with E-state index in [4.69, 9.17) is 5.73 Å². The molecular formula is C17H26N4O2. The summed E-state index contributed by atoms with van der Waals surface area (Å²) in [6.07, 6.45) is 7.03. The number of nitrogens with zero attached hydrogens (tertiary/aromatic N) is 1. The molecule has 0 radical (unpaired) electrons. The molecule has 126 valence electrons. The van der Waals surface area contributed by atoms with E-state index in [-0.39, 0.29) is 0 Å². The minimum Gasteiger partial charge on any atom is -0.453 e. The Balaban J connectivity index is 1.82. The number of hydrogen-bond donors (Lipinski definition) is 3. The molecule has 1 aliphatic rings. The van der Waals surface area contributed by atoms with Gasteiger partial charge in [0.05, 0.1) is 13.7 Å². The normalized spacial score (nSPS) is 16.5. The van der Waals surface area contributed by atoms with Crippen LogP contribution >= 0.6 is 0 Å². The predicted molar refractivity (Wildman–Crippen MR) is 92.4 cm³/mol. The summed E-state index contributed by atoms with van der Waals surface area (Å²) in [4.78, 5) is 15.5. The zero-order valence-corrected chi connectivity index (χ0v) is 13.7. The number of carbonyl (C=O) groups excluding carboxylic acids is 1. The Morgan fingerprint density at radius 3 is 2.48 bits per heavy atom. The predicted octanol–water partition coefficient (Wildman–Crippen LogP) is 2.99. The Bertz CT molecular complexity index is 520. The molecule has 1 fully saturated rings. The smallest absolute Gasteiger partial charge is 0.411 e. The van der Waals surface area contributed by atoms with Crippen molar-refractivity contribution in [1.29, 1.82) is 0 Å². The van der Waals surface area contributed by atoms with Gasteiger partial charge in [0.1, 0.15) is 0 Å². The molecular weight excluding hydrogens is 292 g/mol. The lowest BCUT2D eigenvalue weighted by atomic mass is 10.1. The number of ether oxygens (including phenoxy) is 1. The molecule has 23 heavy (non-hydrogen) atoms. The molecule has 1 aromatic carbocycles. The molecule has 0 unspecified atom stereocenters. The fourth-order valence-electron chi connectivity index (χ4n) is 2.72. The monoisotopic (exact) mass is 318 g/mol. The van der Waals surface area contributed by atoms with Gasteiger partial charge in [-0.25, -0.2) is 9.79 Å². The molecule has 2 rings (SSSR count). The number of benzene rings is 1. The lowest BCUT2D eigenvalue weighted by molar-refractivity contribution is 0.187. The van der Waals surface area contributed by atoms with Gasteiger partial charge in [0.25, 0.3) is 0 Å². The first-order valence-electron chi connectivity index (χ1n) is 8.18. The van der Waals surface area contributed by atoms with Crippen LogP contribution in [0, 0.1) is 0 Å². The summed E-state index contributed by atoms with van der Waals surface area (Å²) in [5.41, 5.74) is 7.70. The highest BCUT2D eigenvalue weighted by Crippen LogP contribution is 2.17. The molecule has 0 heterocycles. The van der Waals surface area contributed by atoms with Crippen molar-refractivity contribution in [2.45, 2.75) is 51.1 Å². The summed E-state index contributed by atoms with van der Waals surface area (Å²) >= 11 is 0. The van der Waals surface area contributed by atoms with Gasteiger partial charge in [0.2, 0.25) is 0 Å². The summed E-state index contributed by atoms with van der Waals surface area (Å²) < 4.78 is 4.55. The molecule has 6 nitrogen and oxygen atoms in total. The van der Waals surface area contributed by atoms with E-state index in [0.717, 1.165) is 5.56 Å². The summed E-state index contributed by atoms with van der Waals surface area (Å²) in [5.74, 6) is 0.508. The Morgan fingerprint density at radius 2 is 1.87 bits per heavy atom. The highest BCUT2D eigenvalue weighted by Gasteiger charge is 2.12. The molecule has 6 heteroatoms. The second-order valence-electron chi connectivity index (χ2n) is 5.85. The van der Waals surface area contributed by atoms with Gasteiger partial charge in [-0.3, -0.25) is 5.32 Å². The van der Waals surface area contributed by atoms with Crippen LogP contribution in [-0.4, -0.2) is 25.2 Å². The zero-order chi connectivity index (χ0) is 16.5. The lowest BCUT2D eigenvalue weighted by Gasteiger charge is -2.16. The van der Waals surface area contributed by atoms with Crippen molar-refractivity contribution in [2.75, 3.05) is 12.4 Å². The van der Waals surface area contributed by atoms with E-state index in [0.29, 0.717) is 24.2 Å². The van der Waals surface area contributed by atoms with Crippen LogP contribution in [0.4, 0.5) is 10.5 Å². The fraction of sp³-hybridized carbons (Fsp3) is 0.529. The first kappa shape index (κ1) is 17.1. The number of carbonyl (C=O) groups is 1. The molecule has 1 aliphatic carbocycles. The molecule has 1 amide bonds. The number of guanidine groups is 1. The standard InChI is InChI=1S/C17H26N4O2/c1-23-17(22)21-15-10-8-13(9-11-15)12-19-16(18)20-14-6-4-2-3-5-7-14/h8-11,14H,2-7,12H2,1H3,(H,21,22)(H3,18,19,20). The van der Waals surface area contributed by atoms with E-state index in [2.05, 4.69) is 20.4 Å². The van der Waals surface area contributed by atoms with Crippen LogP contribution in [0.3, 0.4) is 0 Å². The van der Waals surface area contributed by atoms with Crippen LogP contribution in [0.15, 0.2) is 29.3 Å². The van der Waals surface area contributed by atoms with Gasteiger partial charge in [0.15, 0.2) is 5.96 Å². The topological polar surface area (TPSA) is 88.7 Å². The summed E-state index contributed by atoms with van der Waals surface area (Å²) in [6.45, 7) is 0.518. The largest absolute Gasteiger partial charge is 0.453 e. The maximum atomic E-state index is 11.1. The molecule has 0 atom stereocenters. The van der Waals surface area contributed by atoms with Gasteiger partial charge < -0.3 is 15.8 Å². The van der Waals surface area contributed by atoms with Crippen molar-refractivity contribution in [1.82, 2.24) is 5.32 Å². The Labute approximate surface area is 137 Å². The average molecular weight is 318 g/mol. The molecule has 1 aromatic rings. The van der Waals surface area contributed by atoms with Crippen molar-refractivity contribution >= 4 is 17.7 Å². The summed E-state index contributed by atoms with van der Waals surface area (Å²) in [5, 5.41) is 5.94. The number of nitrogens with one attached hydrogen (secondary N) is 2. The third-order valence-electron chi connectivity index (χ3n) is 4.02. The molecule has 1 saturated carbocycles. The quantitative estimate of drug-likeness (QED) is 0.452. The van der Waals surface area contributed by atoms with Crippen molar-refractivity contribution in [2.24, 2.45) is 10.7 Å². The Hall–Kier alpha value is -2.24. The van der Waals surface area contributed by atoms with Crippen LogP contribution < -0.4 is 16.4 Å². The number of hydrogen-bond acceptors (Lipinski definition) is 3. The van der Waals surface area contributed by atoms with Crippen molar-refractivity contribution < 1.29 is 9.53 Å². The van der Waals surface area contributed by atoms with E-state index < -0.39 is 6.09 Å². The molecule has 0 bridgehead atoms. The van der Waals surface area contributed by atoms with Crippen molar-refractivity contribution in [3.63, 3.8) is 0 Å². The highest BCUT2D eigenvalue weighted by molar-refractivity contribution is 5.84. The molecule has 0 saturated heterocycles. The second-order valence-corrected chi connectivity index (χ2v) is 5.85. The van der Waals surface area contributed by atoms with Crippen LogP contribution in [0.1, 0.15) is 44.1 Å². The van der Waals surface area contributed by atoms with E-state index in [1.165, 1.54) is 45.6 Å². The lowest BCUT2D eigenvalue weighted by Crippen LogP contribution is -2.39. The number of methoxy groups -OCH3 is 1. The Kier molecular flexibility index (Phi) is 6.72. The molecule has 0 spiro atoms. The van der Waals surface area contributed by atoms with E-state index in [1.54, 1.807) is 0 Å². The first-order chi connectivity index (χ1) is 11.2. The number of amides is 1. The highest BCUT2D eigenvalue weighted by atomic mass is 16.5. The van der Waals surface area contributed by atoms with Gasteiger partial charge >= 0.3 is 6.09 Å². The minimum absolute atomic E-state index is 0.452. The number of nitrogens with two attached hydrogens (primary N) is 1. The van der Waals surface area contributed by atoms with Crippen molar-refractivity contribution in [3.05, 3.63) is 29.8 Å². The third-order valence-corrected chi connectivity index (χ3v) is 4.02. The third kappa shape index (κ3) is 6.18. The second kappa shape index (κ2) is 9.02. The maximum Gasteiger partial charge on any atom is 0.411 e. The van der Waals surface area contributed by atoms with Gasteiger partial charge in [0, 0.05) is 11.7 Å². The maximum absolute atomic E-state index is 11.1. The van der Waals surface area contributed by atoms with Gasteiger partial charge in [-0.15, -0.1) is 0 Å². The molecule has 4 N–H and O–H groups in total. The number of anilines is 1. The van der Waals surface area contributed by atoms with Gasteiger partial charge in [-0.2, -0.15) is 0 Å². The average Bonchev–Trinajstić information content (AvgIpc) is 2.82. The summed E-state index contributed by atoms with van der Waals surface area (Å²) in [6, 6.07) is 7.90. The molecule has 0 aliphatic heterocycles. The Morgan fingerprint density at radius 1 is 1.22 bits per heavy atom. The number of aliphatic imine (C=N–C) groups is 1. The fourth-order valence-corrected chi connectivity index (χ4v) is 2.72. The SMILES string of the molecule is COC(=O)Nc1ccc(CN=C(N)NC2CCCCCC2)cc1. The van der Waals surface area contributed by atoms with Crippen LogP contribution in [0.5, 0.6) is 0 Å². The van der Waals surface area contributed by atoms with E-state index in [9.17, 15) is 4.79 Å². The minimum atomic E-state index is -0.479. The zero-order valence-electron chi connectivity index (χ0n) is 13.7. The number of rotatable bonds is 4. The molecule has 0 aromatic heterocycles. The van der Waals surface area contributed by atoms with E-state index in [1.807, 2.05) is 24.3 Å². The van der Waals surface area contributed by atoms with Crippen molar-refractivity contribution in [3.8, 4) is 0 Å². The van der Waals surface area contributed by atoms with E-state index >= 15 is 0 Å². The summed E-state index contributed by atoms with van der Waals surface area (Å²) in [7, 11) is 1.34. The van der Waals surface area contributed by atoms with Crippen LogP contribution in [0.25, 0.3) is 0 Å². The first-order valence-corrected chi connectivity index (χ1v) is 8.18. The van der Waals surface area contributed by atoms with Crippen LogP contribution in [-0.2, 0) is 11.3 Å². The van der Waals surface area contributed by atoms with Gasteiger partial charge in [-0.1, -0.05) is 37.8 Å².